The zero-order valence-electron chi connectivity index (χ0n) is 12.9. The molecule has 10 heteroatoms. The van der Waals surface area contributed by atoms with Crippen molar-refractivity contribution in [1.82, 2.24) is 14.7 Å². The second-order valence-electron chi connectivity index (χ2n) is 6.45. The molecule has 3 atom stereocenters. The van der Waals surface area contributed by atoms with Crippen LogP contribution in [0.4, 0.5) is 0 Å². The molecule has 1 N–H and O–H groups in total. The van der Waals surface area contributed by atoms with Gasteiger partial charge in [-0.2, -0.15) is 0 Å². The van der Waals surface area contributed by atoms with Crippen LogP contribution in [0.2, 0.25) is 0 Å². The van der Waals surface area contributed by atoms with E-state index in [1.807, 2.05) is 11.9 Å². The standard InChI is InChI=1S/C13H19N3O6S/c1-13(12(20)15-5-3-14(2)4-6-15)10(11(18)19)16-8(17)7-9(16)23(13,21)22/h9-10H,3-7H2,1-2H3,(H,18,19)/t9-,10+,13-/m1/s1. The molecule has 3 fully saturated rings. The number of β-lactam (4-membered cyclic amide) rings is 1. The molecule has 2 amide bonds. The Hall–Kier alpha value is -1.68. The van der Waals surface area contributed by atoms with Crippen LogP contribution in [0.1, 0.15) is 13.3 Å². The molecule has 23 heavy (non-hydrogen) atoms. The minimum atomic E-state index is -4.10. The van der Waals surface area contributed by atoms with E-state index in [0.717, 1.165) is 11.8 Å². The molecule has 0 saturated carbocycles. The molecule has 3 heterocycles. The van der Waals surface area contributed by atoms with Gasteiger partial charge in [-0.15, -0.1) is 0 Å². The maximum atomic E-state index is 12.9. The number of piperazine rings is 1. The molecule has 0 aliphatic carbocycles. The second-order valence-corrected chi connectivity index (χ2v) is 8.93. The lowest BCUT2D eigenvalue weighted by atomic mass is 9.94. The van der Waals surface area contributed by atoms with E-state index < -0.39 is 43.8 Å². The van der Waals surface area contributed by atoms with Gasteiger partial charge >= 0.3 is 5.97 Å². The van der Waals surface area contributed by atoms with Gasteiger partial charge in [0.05, 0.1) is 6.42 Å². The number of carbonyl (C=O) groups excluding carboxylic acids is 2. The normalized spacial score (nSPS) is 36.5. The zero-order chi connectivity index (χ0) is 17.2. The molecular weight excluding hydrogens is 326 g/mol. The molecule has 9 nitrogen and oxygen atoms in total. The molecular formula is C13H19N3O6S. The molecule has 0 aromatic carbocycles. The van der Waals surface area contributed by atoms with Crippen LogP contribution in [-0.2, 0) is 24.2 Å². The molecule has 128 valence electrons. The molecule has 0 bridgehead atoms. The first-order valence-electron chi connectivity index (χ1n) is 7.37. The summed E-state index contributed by atoms with van der Waals surface area (Å²) in [6.45, 7) is 3.00. The predicted molar refractivity (Wildman–Crippen MR) is 78.1 cm³/mol. The summed E-state index contributed by atoms with van der Waals surface area (Å²) in [6.07, 6.45) is -0.252. The summed E-state index contributed by atoms with van der Waals surface area (Å²) in [7, 11) is -2.21. The van der Waals surface area contributed by atoms with Crippen molar-refractivity contribution in [3.63, 3.8) is 0 Å². The minimum Gasteiger partial charge on any atom is -0.480 e. The Kier molecular flexibility index (Phi) is 3.45. The number of hydrogen-bond acceptors (Lipinski definition) is 6. The van der Waals surface area contributed by atoms with Crippen molar-refractivity contribution in [3.8, 4) is 0 Å². The fourth-order valence-corrected chi connectivity index (χ4v) is 5.95. The van der Waals surface area contributed by atoms with Crippen molar-refractivity contribution >= 4 is 27.6 Å². The first-order chi connectivity index (χ1) is 10.6. The molecule has 0 unspecified atom stereocenters. The van der Waals surface area contributed by atoms with Crippen molar-refractivity contribution in [2.75, 3.05) is 33.2 Å². The first kappa shape index (κ1) is 16.2. The second kappa shape index (κ2) is 4.91. The van der Waals surface area contributed by atoms with E-state index in [2.05, 4.69) is 0 Å². The highest BCUT2D eigenvalue weighted by Crippen LogP contribution is 2.47. The van der Waals surface area contributed by atoms with Crippen LogP contribution >= 0.6 is 0 Å². The molecule has 3 aliphatic heterocycles. The summed E-state index contributed by atoms with van der Waals surface area (Å²) in [5.74, 6) is -2.73. The summed E-state index contributed by atoms with van der Waals surface area (Å²) in [5, 5.41) is 8.28. The Labute approximate surface area is 133 Å². The number of aliphatic carboxylic acids is 1. The number of likely N-dealkylation sites (N-methyl/N-ethyl adjacent to an activating group) is 1. The van der Waals surface area contributed by atoms with Crippen molar-refractivity contribution < 1.29 is 27.9 Å². The molecule has 3 rings (SSSR count). The molecule has 3 aliphatic rings. The molecule has 0 aromatic heterocycles. The van der Waals surface area contributed by atoms with Gasteiger partial charge < -0.3 is 19.8 Å². The third kappa shape index (κ3) is 1.94. The lowest BCUT2D eigenvalue weighted by Gasteiger charge is -2.38. The smallest absolute Gasteiger partial charge is 0.328 e. The number of hydrogen-bond donors (Lipinski definition) is 1. The van der Waals surface area contributed by atoms with E-state index in [1.54, 1.807) is 0 Å². The fourth-order valence-electron chi connectivity index (χ4n) is 3.59. The number of carboxylic acid groups (broad SMARTS) is 1. The monoisotopic (exact) mass is 345 g/mol. The van der Waals surface area contributed by atoms with Gasteiger partial charge in [-0.1, -0.05) is 0 Å². The molecule has 0 spiro atoms. The Balaban J connectivity index is 2.01. The number of amides is 2. The topological polar surface area (TPSA) is 115 Å². The minimum absolute atomic E-state index is 0.252. The van der Waals surface area contributed by atoms with Crippen LogP contribution in [-0.4, -0.2) is 95.4 Å². The highest BCUT2D eigenvalue weighted by molar-refractivity contribution is 7.94. The summed E-state index contributed by atoms with van der Waals surface area (Å²) < 4.78 is 23.4. The Bertz CT molecular complexity index is 684. The van der Waals surface area contributed by atoms with E-state index >= 15 is 0 Å². The SMILES string of the molecule is CN1CCN(C(=O)[C@@]2(C)[C@H](C(=O)O)N3C(=O)C[C@H]3S2(=O)=O)CC1. The van der Waals surface area contributed by atoms with Gasteiger partial charge in [-0.25, -0.2) is 13.2 Å². The lowest BCUT2D eigenvalue weighted by molar-refractivity contribution is -0.160. The number of sulfone groups is 1. The van der Waals surface area contributed by atoms with E-state index in [9.17, 15) is 27.9 Å². The maximum absolute atomic E-state index is 12.9. The van der Waals surface area contributed by atoms with Crippen molar-refractivity contribution in [3.05, 3.63) is 0 Å². The Morgan fingerprint density at radius 1 is 1.22 bits per heavy atom. The third-order valence-corrected chi connectivity index (χ3v) is 7.84. The average molecular weight is 345 g/mol. The average Bonchev–Trinajstić information content (AvgIpc) is 2.62. The van der Waals surface area contributed by atoms with Crippen LogP contribution in [0.5, 0.6) is 0 Å². The largest absolute Gasteiger partial charge is 0.480 e. The molecule has 3 saturated heterocycles. The lowest BCUT2D eigenvalue weighted by Crippen LogP contribution is -2.63. The Morgan fingerprint density at radius 2 is 1.78 bits per heavy atom. The van der Waals surface area contributed by atoms with E-state index in [1.165, 1.54) is 4.90 Å². The van der Waals surface area contributed by atoms with E-state index in [0.29, 0.717) is 26.2 Å². The summed E-state index contributed by atoms with van der Waals surface area (Å²) in [5.41, 5.74) is 0. The van der Waals surface area contributed by atoms with Crippen LogP contribution in [0.15, 0.2) is 0 Å². The van der Waals surface area contributed by atoms with Crippen molar-refractivity contribution in [2.24, 2.45) is 0 Å². The maximum Gasteiger partial charge on any atom is 0.328 e. The van der Waals surface area contributed by atoms with E-state index in [-0.39, 0.29) is 6.42 Å². The summed E-state index contributed by atoms with van der Waals surface area (Å²) >= 11 is 0. The van der Waals surface area contributed by atoms with Crippen LogP contribution in [0, 0.1) is 0 Å². The predicted octanol–water partition coefficient (Wildman–Crippen LogP) is -2.04. The van der Waals surface area contributed by atoms with Crippen molar-refractivity contribution in [2.45, 2.75) is 29.5 Å². The van der Waals surface area contributed by atoms with Gasteiger partial charge in [-0.05, 0) is 14.0 Å². The number of carboxylic acids is 1. The number of carbonyl (C=O) groups is 3. The Morgan fingerprint density at radius 3 is 2.26 bits per heavy atom. The van der Waals surface area contributed by atoms with Gasteiger partial charge in [0.2, 0.25) is 11.8 Å². The number of nitrogens with zero attached hydrogens (tertiary/aromatic N) is 3. The third-order valence-electron chi connectivity index (χ3n) is 5.15. The molecule has 0 aromatic rings. The van der Waals surface area contributed by atoms with E-state index in [4.69, 9.17) is 0 Å². The molecule has 0 radical (unpaired) electrons. The number of rotatable bonds is 2. The van der Waals surface area contributed by atoms with Gasteiger partial charge in [0, 0.05) is 26.2 Å². The van der Waals surface area contributed by atoms with Gasteiger partial charge in [-0.3, -0.25) is 9.59 Å². The summed E-state index contributed by atoms with van der Waals surface area (Å²) in [6, 6.07) is -1.66. The van der Waals surface area contributed by atoms with Crippen LogP contribution in [0.25, 0.3) is 0 Å². The first-order valence-corrected chi connectivity index (χ1v) is 8.92. The van der Waals surface area contributed by atoms with Crippen LogP contribution < -0.4 is 0 Å². The van der Waals surface area contributed by atoms with Crippen LogP contribution in [0.3, 0.4) is 0 Å². The van der Waals surface area contributed by atoms with Crippen molar-refractivity contribution in [1.29, 1.82) is 0 Å². The van der Waals surface area contributed by atoms with Gasteiger partial charge in [0.25, 0.3) is 0 Å². The quantitative estimate of drug-likeness (QED) is 0.573. The summed E-state index contributed by atoms with van der Waals surface area (Å²) in [4.78, 5) is 40.5. The van der Waals surface area contributed by atoms with Gasteiger partial charge in [0.1, 0.15) is 5.37 Å². The van der Waals surface area contributed by atoms with Gasteiger partial charge in [0.15, 0.2) is 20.6 Å². The zero-order valence-corrected chi connectivity index (χ0v) is 13.7. The highest BCUT2D eigenvalue weighted by atomic mass is 32.2. The number of fused-ring (bicyclic) bond motifs is 1. The fraction of sp³-hybridized carbons (Fsp3) is 0.769. The highest BCUT2D eigenvalue weighted by Gasteiger charge is 2.73.